The van der Waals surface area contributed by atoms with Crippen LogP contribution in [0.3, 0.4) is 0 Å². The lowest BCUT2D eigenvalue weighted by Gasteiger charge is -2.08. The number of hydrogen-bond acceptors (Lipinski definition) is 7. The lowest BCUT2D eigenvalue weighted by molar-refractivity contribution is -0.138. The SMILES string of the molecule is O=C(O)CCCCCCCCCCCCCCCCCCC(=O)NCCCOCCCCOCCCNC(=O)CCC(=O)NCC(=O)[OH2+]. The van der Waals surface area contributed by atoms with E-state index in [9.17, 15) is 24.0 Å². The molecule has 0 bridgehead atoms. The van der Waals surface area contributed by atoms with Gasteiger partial charge in [0.15, 0.2) is 6.54 Å². The average Bonchev–Trinajstić information content (AvgIpc) is 3.05. The van der Waals surface area contributed by atoms with Crippen LogP contribution in [-0.2, 0) is 33.4 Å². The summed E-state index contributed by atoms with van der Waals surface area (Å²) in [7, 11) is 0. The largest absolute Gasteiger partial charge is 0.563 e. The maximum absolute atomic E-state index is 12.0. The van der Waals surface area contributed by atoms with E-state index in [1.54, 1.807) is 0 Å². The van der Waals surface area contributed by atoms with Gasteiger partial charge in [0.2, 0.25) is 17.7 Å². The van der Waals surface area contributed by atoms with Gasteiger partial charge in [0.05, 0.1) is 0 Å². The first-order valence-electron chi connectivity index (χ1n) is 18.7. The molecule has 0 spiro atoms. The Morgan fingerprint density at radius 1 is 0.417 bits per heavy atom. The predicted molar refractivity (Wildman–Crippen MR) is 188 cm³/mol. The molecule has 0 aromatic heterocycles. The highest BCUT2D eigenvalue weighted by atomic mass is 16.5. The van der Waals surface area contributed by atoms with E-state index in [1.807, 2.05) is 0 Å². The Hall–Kier alpha value is -2.73. The van der Waals surface area contributed by atoms with E-state index < -0.39 is 17.8 Å². The lowest BCUT2D eigenvalue weighted by Crippen LogP contribution is -2.31. The molecule has 12 heteroatoms. The number of ether oxygens (including phenoxy) is 2. The summed E-state index contributed by atoms with van der Waals surface area (Å²) in [6.07, 6.45) is 23.5. The minimum absolute atomic E-state index is 0.0147. The molecule has 0 saturated heterocycles. The van der Waals surface area contributed by atoms with E-state index in [0.717, 1.165) is 44.9 Å². The van der Waals surface area contributed by atoms with Gasteiger partial charge in [-0.2, -0.15) is 0 Å². The van der Waals surface area contributed by atoms with Crippen LogP contribution in [-0.4, -0.2) is 85.9 Å². The van der Waals surface area contributed by atoms with Crippen LogP contribution in [0.2, 0.25) is 0 Å². The molecule has 0 aromatic carbocycles. The molecule has 0 radical (unpaired) electrons. The molecule has 12 nitrogen and oxygen atoms in total. The maximum Gasteiger partial charge on any atom is 0.535 e. The fourth-order valence-electron chi connectivity index (χ4n) is 5.12. The molecule has 0 saturated carbocycles. The van der Waals surface area contributed by atoms with Crippen molar-refractivity contribution in [3.63, 3.8) is 0 Å². The number of amides is 3. The van der Waals surface area contributed by atoms with Gasteiger partial charge in [0.25, 0.3) is 0 Å². The van der Waals surface area contributed by atoms with Crippen LogP contribution in [0.1, 0.15) is 154 Å². The van der Waals surface area contributed by atoms with Gasteiger partial charge in [-0.15, -0.1) is 0 Å². The summed E-state index contributed by atoms with van der Waals surface area (Å²) in [5.41, 5.74) is 0. The van der Waals surface area contributed by atoms with Crippen LogP contribution in [0, 0.1) is 0 Å². The minimum Gasteiger partial charge on any atom is -0.563 e. The molecule has 280 valence electrons. The first kappa shape index (κ1) is 45.3. The van der Waals surface area contributed by atoms with Gasteiger partial charge < -0.3 is 35.6 Å². The van der Waals surface area contributed by atoms with Gasteiger partial charge in [-0.05, 0) is 38.5 Å². The van der Waals surface area contributed by atoms with E-state index in [-0.39, 0.29) is 31.2 Å². The second kappa shape index (κ2) is 35.6. The predicted octanol–water partition coefficient (Wildman–Crippen LogP) is 5.07. The fourth-order valence-corrected chi connectivity index (χ4v) is 5.12. The number of aliphatic carboxylic acids is 1. The number of rotatable bonds is 37. The quantitative estimate of drug-likeness (QED) is 0.0516. The minimum atomic E-state index is -0.873. The molecule has 6 N–H and O–H groups in total. The highest BCUT2D eigenvalue weighted by Gasteiger charge is 2.10. The van der Waals surface area contributed by atoms with Crippen LogP contribution in [0.15, 0.2) is 0 Å². The molecule has 0 aromatic rings. The number of nitrogens with one attached hydrogen (secondary N) is 3. The van der Waals surface area contributed by atoms with Gasteiger partial charge in [-0.1, -0.05) is 89.9 Å². The second-order valence-electron chi connectivity index (χ2n) is 12.6. The van der Waals surface area contributed by atoms with E-state index in [2.05, 4.69) is 16.0 Å². The number of carbonyl (C=O) groups is 5. The lowest BCUT2D eigenvalue weighted by atomic mass is 10.0. The van der Waals surface area contributed by atoms with Crippen molar-refractivity contribution in [3.8, 4) is 0 Å². The van der Waals surface area contributed by atoms with Gasteiger partial charge in [-0.25, -0.2) is 0 Å². The van der Waals surface area contributed by atoms with Crippen molar-refractivity contribution in [2.45, 2.75) is 154 Å². The van der Waals surface area contributed by atoms with Gasteiger partial charge in [0.1, 0.15) is 0 Å². The summed E-state index contributed by atoms with van der Waals surface area (Å²) in [6, 6.07) is 0. The number of carbonyl (C=O) groups excluding carboxylic acids is 4. The third-order valence-electron chi connectivity index (χ3n) is 7.97. The van der Waals surface area contributed by atoms with Crippen LogP contribution >= 0.6 is 0 Å². The summed E-state index contributed by atoms with van der Waals surface area (Å²) in [5, 5.41) is 23.3. The zero-order valence-corrected chi connectivity index (χ0v) is 29.7. The van der Waals surface area contributed by atoms with Crippen molar-refractivity contribution in [1.82, 2.24) is 16.0 Å². The van der Waals surface area contributed by atoms with E-state index >= 15 is 0 Å². The summed E-state index contributed by atoms with van der Waals surface area (Å²) in [5.74, 6) is -2.08. The molecule has 0 fully saturated rings. The Morgan fingerprint density at radius 3 is 1.15 bits per heavy atom. The van der Waals surface area contributed by atoms with E-state index in [0.29, 0.717) is 58.8 Å². The monoisotopic (exact) mass is 686 g/mol. The third-order valence-corrected chi connectivity index (χ3v) is 7.97. The van der Waals surface area contributed by atoms with Gasteiger partial charge >= 0.3 is 11.9 Å². The van der Waals surface area contributed by atoms with Crippen molar-refractivity contribution in [1.29, 1.82) is 0 Å². The number of carboxylic acid groups (broad SMARTS) is 1. The van der Waals surface area contributed by atoms with Crippen molar-refractivity contribution in [2.75, 3.05) is 46.1 Å². The summed E-state index contributed by atoms with van der Waals surface area (Å²) in [4.78, 5) is 56.1. The molecule has 48 heavy (non-hydrogen) atoms. The normalized spacial score (nSPS) is 10.9. The highest BCUT2D eigenvalue weighted by molar-refractivity contribution is 5.85. The summed E-state index contributed by atoms with van der Waals surface area (Å²) < 4.78 is 11.2. The van der Waals surface area contributed by atoms with E-state index in [1.165, 1.54) is 77.0 Å². The zero-order chi connectivity index (χ0) is 35.3. The molecule has 0 unspecified atom stereocenters. The first-order valence-corrected chi connectivity index (χ1v) is 18.7. The van der Waals surface area contributed by atoms with Crippen LogP contribution in [0.5, 0.6) is 0 Å². The molecule has 0 atom stereocenters. The van der Waals surface area contributed by atoms with Crippen LogP contribution in [0.4, 0.5) is 0 Å². The average molecular weight is 687 g/mol. The van der Waals surface area contributed by atoms with Crippen molar-refractivity contribution in [2.24, 2.45) is 0 Å². The topological polar surface area (TPSA) is 183 Å². The molecule has 0 aliphatic rings. The van der Waals surface area contributed by atoms with Crippen molar-refractivity contribution in [3.05, 3.63) is 0 Å². The second-order valence-corrected chi connectivity index (χ2v) is 12.6. The Balaban J connectivity index is 3.26. The molecular formula is C36H68N3O9+. The Morgan fingerprint density at radius 2 is 0.750 bits per heavy atom. The summed E-state index contributed by atoms with van der Waals surface area (Å²) in [6.45, 7) is 3.24. The highest BCUT2D eigenvalue weighted by Crippen LogP contribution is 2.14. The van der Waals surface area contributed by atoms with Crippen LogP contribution < -0.4 is 16.0 Å². The number of unbranched alkanes of at least 4 members (excludes halogenated alkanes) is 16. The van der Waals surface area contributed by atoms with Crippen LogP contribution in [0.25, 0.3) is 0 Å². The Kier molecular flexibility index (Phi) is 33.6. The third kappa shape index (κ3) is 37.7. The molecule has 0 rings (SSSR count). The van der Waals surface area contributed by atoms with Gasteiger partial charge in [-0.3, -0.25) is 19.2 Å². The fraction of sp³-hybridized carbons (Fsp3) is 0.861. The van der Waals surface area contributed by atoms with E-state index in [4.69, 9.17) is 19.7 Å². The molecular weight excluding hydrogens is 618 g/mol. The van der Waals surface area contributed by atoms with Crippen molar-refractivity contribution >= 4 is 29.7 Å². The molecule has 0 heterocycles. The number of carboxylic acids is 1. The molecule has 0 aliphatic heterocycles. The van der Waals surface area contributed by atoms with Gasteiger partial charge in [0, 0.05) is 70.0 Å². The smallest absolute Gasteiger partial charge is 0.535 e. The Labute approximate surface area is 289 Å². The standard InChI is InChI=1S/C36H67N3O9/c40-32(21-15-13-11-9-7-5-3-1-2-4-6-8-10-12-14-16-22-35(43)44)37-25-19-29-47-27-17-18-28-48-30-20-26-38-33(41)23-24-34(42)39-31-36(45)46/h1-31H2,(H,37,40)(H,38,41)(H,39,42)(H,43,44)(H,45,46)/p+1. The zero-order valence-electron chi connectivity index (χ0n) is 29.7. The number of hydrogen-bond donors (Lipinski definition) is 4. The summed E-state index contributed by atoms with van der Waals surface area (Å²) >= 11 is 0. The van der Waals surface area contributed by atoms with Crippen molar-refractivity contribution < 1.29 is 43.7 Å². The maximum atomic E-state index is 12.0. The molecule has 3 amide bonds. The Bertz CT molecular complexity index is 827. The first-order chi connectivity index (χ1) is 23.3. The molecule has 0 aliphatic carbocycles.